The number of hydrogen-bond donors (Lipinski definition) is 2. The Labute approximate surface area is 178 Å². The molecule has 0 saturated carbocycles. The van der Waals surface area contributed by atoms with Crippen LogP contribution in [0.3, 0.4) is 0 Å². The van der Waals surface area contributed by atoms with Crippen molar-refractivity contribution in [2.75, 3.05) is 0 Å². The standard InChI is InChI=1S/C24H21NO6/c1-12-9-16(30-11-14-7-5-4-6-8-14)19(23(25)29)21-20(12)24(3)17(31-21)10-15(27)18(13(2)26)22(24)28/h4-10,27H,11H2,1-3H3,(H2,25,29). The summed E-state index contributed by atoms with van der Waals surface area (Å²) >= 11 is 0. The van der Waals surface area contributed by atoms with Gasteiger partial charge in [0.25, 0.3) is 5.91 Å². The van der Waals surface area contributed by atoms with Gasteiger partial charge in [0, 0.05) is 11.6 Å². The van der Waals surface area contributed by atoms with E-state index in [1.807, 2.05) is 30.3 Å². The molecule has 158 valence electrons. The fourth-order valence-corrected chi connectivity index (χ4v) is 4.20. The summed E-state index contributed by atoms with van der Waals surface area (Å²) in [5.74, 6) is -1.92. The average Bonchev–Trinajstić information content (AvgIpc) is 3.00. The summed E-state index contributed by atoms with van der Waals surface area (Å²) < 4.78 is 11.8. The minimum atomic E-state index is -1.37. The molecule has 1 unspecified atom stereocenters. The number of Topliss-reactive ketones (excluding diaryl/α,β-unsaturated/α-hetero) is 2. The minimum Gasteiger partial charge on any atom is -0.507 e. The number of nitrogens with two attached hydrogens (primary N) is 1. The minimum absolute atomic E-state index is 0.00437. The van der Waals surface area contributed by atoms with Crippen molar-refractivity contribution in [3.63, 3.8) is 0 Å². The predicted molar refractivity (Wildman–Crippen MR) is 112 cm³/mol. The fourth-order valence-electron chi connectivity index (χ4n) is 4.20. The number of aliphatic hydroxyl groups excluding tert-OH is 1. The Morgan fingerprint density at radius 1 is 1.23 bits per heavy atom. The van der Waals surface area contributed by atoms with E-state index in [0.29, 0.717) is 11.1 Å². The Morgan fingerprint density at radius 2 is 1.90 bits per heavy atom. The van der Waals surface area contributed by atoms with Crippen LogP contribution in [-0.4, -0.2) is 22.6 Å². The lowest BCUT2D eigenvalue weighted by molar-refractivity contribution is -0.123. The largest absolute Gasteiger partial charge is 0.507 e. The first-order chi connectivity index (χ1) is 14.7. The lowest BCUT2D eigenvalue weighted by Gasteiger charge is -2.28. The van der Waals surface area contributed by atoms with Gasteiger partial charge < -0.3 is 20.3 Å². The number of ketones is 2. The third-order valence-corrected chi connectivity index (χ3v) is 5.69. The second-order valence-corrected chi connectivity index (χ2v) is 7.79. The number of hydrogen-bond acceptors (Lipinski definition) is 6. The summed E-state index contributed by atoms with van der Waals surface area (Å²) in [5, 5.41) is 10.2. The highest BCUT2D eigenvalue weighted by Gasteiger charge is 2.54. The third kappa shape index (κ3) is 3.01. The van der Waals surface area contributed by atoms with Gasteiger partial charge in [0.05, 0.1) is 0 Å². The molecule has 2 aromatic rings. The van der Waals surface area contributed by atoms with Crippen LogP contribution in [0.1, 0.15) is 40.9 Å². The lowest BCUT2D eigenvalue weighted by atomic mass is 9.70. The maximum Gasteiger partial charge on any atom is 0.256 e. The lowest BCUT2D eigenvalue weighted by Crippen LogP contribution is -2.39. The summed E-state index contributed by atoms with van der Waals surface area (Å²) in [5.41, 5.74) is 5.96. The quantitative estimate of drug-likeness (QED) is 0.719. The number of primary amides is 1. The maximum atomic E-state index is 13.3. The molecular formula is C24H21NO6. The first kappa shape index (κ1) is 20.4. The number of benzene rings is 2. The summed E-state index contributed by atoms with van der Waals surface area (Å²) in [6.07, 6.45) is 1.24. The summed E-state index contributed by atoms with van der Waals surface area (Å²) in [4.78, 5) is 37.6. The van der Waals surface area contributed by atoms with Gasteiger partial charge >= 0.3 is 0 Å². The van der Waals surface area contributed by atoms with E-state index in [1.165, 1.54) is 13.0 Å². The van der Waals surface area contributed by atoms with Gasteiger partial charge in [0.2, 0.25) is 0 Å². The second-order valence-electron chi connectivity index (χ2n) is 7.79. The van der Waals surface area contributed by atoms with Crippen LogP contribution in [0.15, 0.2) is 59.6 Å². The van der Waals surface area contributed by atoms with Crippen LogP contribution in [0.4, 0.5) is 0 Å². The number of carbonyl (C=O) groups excluding carboxylic acids is 3. The molecule has 2 aliphatic rings. The first-order valence-corrected chi connectivity index (χ1v) is 9.69. The van der Waals surface area contributed by atoms with Crippen LogP contribution in [0, 0.1) is 6.92 Å². The number of allylic oxidation sites excluding steroid dienone is 3. The van der Waals surface area contributed by atoms with Gasteiger partial charge in [-0.2, -0.15) is 0 Å². The molecule has 1 atom stereocenters. The molecular weight excluding hydrogens is 398 g/mol. The molecule has 0 aromatic heterocycles. The molecule has 7 heteroatoms. The van der Waals surface area contributed by atoms with Crippen molar-refractivity contribution in [1.29, 1.82) is 0 Å². The predicted octanol–water partition coefficient (Wildman–Crippen LogP) is 3.19. The van der Waals surface area contributed by atoms with Crippen LogP contribution in [-0.2, 0) is 21.6 Å². The van der Waals surface area contributed by atoms with E-state index in [4.69, 9.17) is 15.2 Å². The van der Waals surface area contributed by atoms with Crippen LogP contribution >= 0.6 is 0 Å². The first-order valence-electron chi connectivity index (χ1n) is 9.69. The molecule has 7 nitrogen and oxygen atoms in total. The molecule has 0 radical (unpaired) electrons. The Balaban J connectivity index is 1.85. The molecule has 3 N–H and O–H groups in total. The van der Waals surface area contributed by atoms with Gasteiger partial charge in [-0.25, -0.2) is 0 Å². The number of amides is 1. The van der Waals surface area contributed by atoms with E-state index in [2.05, 4.69) is 0 Å². The van der Waals surface area contributed by atoms with Crippen molar-refractivity contribution in [2.24, 2.45) is 5.73 Å². The van der Waals surface area contributed by atoms with Crippen molar-refractivity contribution >= 4 is 17.5 Å². The number of ether oxygens (including phenoxy) is 2. The Hall–Kier alpha value is -3.87. The van der Waals surface area contributed by atoms with E-state index >= 15 is 0 Å². The third-order valence-electron chi connectivity index (χ3n) is 5.69. The van der Waals surface area contributed by atoms with Crippen LogP contribution < -0.4 is 15.2 Å². The summed E-state index contributed by atoms with van der Waals surface area (Å²) in [6, 6.07) is 11.0. The molecule has 0 saturated heterocycles. The van der Waals surface area contributed by atoms with Gasteiger partial charge in [-0.1, -0.05) is 30.3 Å². The SMILES string of the molecule is CC(=O)C1=C(O)C=C2Oc3c(C(N)=O)c(OCc4ccccc4)cc(C)c3C2(C)C1=O. The highest BCUT2D eigenvalue weighted by Crippen LogP contribution is 2.54. The van der Waals surface area contributed by atoms with E-state index < -0.39 is 28.6 Å². The molecule has 1 aliphatic heterocycles. The fraction of sp³-hybridized carbons (Fsp3) is 0.208. The average molecular weight is 419 g/mol. The van der Waals surface area contributed by atoms with E-state index in [-0.39, 0.29) is 35.0 Å². The monoisotopic (exact) mass is 419 g/mol. The van der Waals surface area contributed by atoms with Crippen molar-refractivity contribution in [2.45, 2.75) is 32.8 Å². The number of carbonyl (C=O) groups is 3. The summed E-state index contributed by atoms with van der Waals surface area (Å²) in [7, 11) is 0. The van der Waals surface area contributed by atoms with Gasteiger partial charge in [0.1, 0.15) is 46.2 Å². The number of aryl methyl sites for hydroxylation is 1. The highest BCUT2D eigenvalue weighted by atomic mass is 16.5. The Kier molecular flexibility index (Phi) is 4.69. The van der Waals surface area contributed by atoms with Gasteiger partial charge in [-0.15, -0.1) is 0 Å². The topological polar surface area (TPSA) is 116 Å². The molecule has 0 bridgehead atoms. The smallest absolute Gasteiger partial charge is 0.256 e. The van der Waals surface area contributed by atoms with Crippen molar-refractivity contribution in [1.82, 2.24) is 0 Å². The molecule has 2 aromatic carbocycles. The molecule has 1 aliphatic carbocycles. The van der Waals surface area contributed by atoms with E-state index in [9.17, 15) is 19.5 Å². The zero-order valence-electron chi connectivity index (χ0n) is 17.3. The zero-order valence-corrected chi connectivity index (χ0v) is 17.3. The Morgan fingerprint density at radius 3 is 2.52 bits per heavy atom. The van der Waals surface area contributed by atoms with Crippen molar-refractivity contribution < 1.29 is 29.0 Å². The molecule has 1 heterocycles. The molecule has 4 rings (SSSR count). The van der Waals surface area contributed by atoms with Crippen LogP contribution in [0.5, 0.6) is 11.5 Å². The maximum absolute atomic E-state index is 13.3. The number of fused-ring (bicyclic) bond motifs is 3. The van der Waals surface area contributed by atoms with Crippen molar-refractivity contribution in [3.8, 4) is 11.5 Å². The molecule has 0 spiro atoms. The molecule has 0 fully saturated rings. The molecule has 31 heavy (non-hydrogen) atoms. The zero-order chi connectivity index (χ0) is 22.5. The van der Waals surface area contributed by atoms with Crippen LogP contribution in [0.25, 0.3) is 0 Å². The highest BCUT2D eigenvalue weighted by molar-refractivity contribution is 6.25. The van der Waals surface area contributed by atoms with Crippen molar-refractivity contribution in [3.05, 3.63) is 81.8 Å². The molecule has 1 amide bonds. The Bertz CT molecular complexity index is 1210. The van der Waals surface area contributed by atoms with Gasteiger partial charge in [0.15, 0.2) is 11.6 Å². The normalized spacial score (nSPS) is 19.3. The van der Waals surface area contributed by atoms with E-state index in [1.54, 1.807) is 19.9 Å². The number of rotatable bonds is 5. The second kappa shape index (κ2) is 7.12. The number of aliphatic hydroxyl groups is 1. The van der Waals surface area contributed by atoms with E-state index in [0.717, 1.165) is 5.56 Å². The van der Waals surface area contributed by atoms with Crippen LogP contribution in [0.2, 0.25) is 0 Å². The van der Waals surface area contributed by atoms with Gasteiger partial charge in [-0.3, -0.25) is 14.4 Å². The van der Waals surface area contributed by atoms with Gasteiger partial charge in [-0.05, 0) is 38.0 Å². The summed E-state index contributed by atoms with van der Waals surface area (Å²) in [6.45, 7) is 4.78.